The van der Waals surface area contributed by atoms with Crippen LogP contribution in [0.25, 0.3) is 0 Å². The van der Waals surface area contributed by atoms with Crippen molar-refractivity contribution in [2.24, 2.45) is 0 Å². The predicted molar refractivity (Wildman–Crippen MR) is 92.2 cm³/mol. The van der Waals surface area contributed by atoms with Gasteiger partial charge in [0.05, 0.1) is 28.9 Å². The number of benzene rings is 2. The molecular formula is C19H14N2O6. The number of nitrogens with zero attached hydrogens (tertiary/aromatic N) is 1. The summed E-state index contributed by atoms with van der Waals surface area (Å²) in [6, 6.07) is 13.0. The first kappa shape index (κ1) is 18.0. The van der Waals surface area contributed by atoms with Crippen LogP contribution >= 0.6 is 0 Å². The molecule has 2 aliphatic heterocycles. The number of imide groups is 4. The number of hydrogen-bond acceptors (Lipinski definition) is 6. The molecule has 2 aromatic rings. The summed E-state index contributed by atoms with van der Waals surface area (Å²) in [7, 11) is 0. The predicted octanol–water partition coefficient (Wildman–Crippen LogP) is 2.01. The van der Waals surface area contributed by atoms with Gasteiger partial charge in [-0.2, -0.15) is 4.90 Å². The highest BCUT2D eigenvalue weighted by Crippen LogP contribution is 2.22. The molecule has 0 atom stereocenters. The second kappa shape index (κ2) is 7.20. The van der Waals surface area contributed by atoms with Crippen molar-refractivity contribution in [1.29, 1.82) is 0 Å². The molecular weight excluding hydrogens is 352 g/mol. The summed E-state index contributed by atoms with van der Waals surface area (Å²) in [6.45, 7) is 1.72. The maximum absolute atomic E-state index is 11.7. The van der Waals surface area contributed by atoms with Crippen molar-refractivity contribution in [2.75, 3.05) is 6.61 Å². The van der Waals surface area contributed by atoms with Crippen molar-refractivity contribution < 1.29 is 28.7 Å². The van der Waals surface area contributed by atoms with Crippen molar-refractivity contribution in [1.82, 2.24) is 10.2 Å². The number of carbonyl (C=O) groups is 5. The molecule has 0 unspecified atom stereocenters. The zero-order chi connectivity index (χ0) is 19.6. The molecule has 136 valence electrons. The molecule has 0 saturated carbocycles. The third-order valence-corrected chi connectivity index (χ3v) is 3.89. The van der Waals surface area contributed by atoms with Gasteiger partial charge in [-0.1, -0.05) is 24.3 Å². The van der Waals surface area contributed by atoms with Crippen molar-refractivity contribution in [3.63, 3.8) is 0 Å². The van der Waals surface area contributed by atoms with E-state index in [0.717, 1.165) is 0 Å². The molecule has 8 nitrogen and oxygen atoms in total. The van der Waals surface area contributed by atoms with Gasteiger partial charge in [0.15, 0.2) is 0 Å². The van der Waals surface area contributed by atoms with Gasteiger partial charge in [-0.3, -0.25) is 24.5 Å². The van der Waals surface area contributed by atoms with Gasteiger partial charge in [0, 0.05) is 0 Å². The number of hydrogen-bond donors (Lipinski definition) is 1. The summed E-state index contributed by atoms with van der Waals surface area (Å²) in [5.74, 6) is -1.85. The van der Waals surface area contributed by atoms with Crippen molar-refractivity contribution in [3.8, 4) is 0 Å². The fourth-order valence-electron chi connectivity index (χ4n) is 2.66. The second-order valence-electron chi connectivity index (χ2n) is 5.52. The Labute approximate surface area is 153 Å². The van der Waals surface area contributed by atoms with E-state index in [4.69, 9.17) is 0 Å². The molecule has 8 heteroatoms. The van der Waals surface area contributed by atoms with Gasteiger partial charge in [0.2, 0.25) is 0 Å². The monoisotopic (exact) mass is 366 g/mol. The van der Waals surface area contributed by atoms with Crippen LogP contribution in [-0.2, 0) is 4.74 Å². The van der Waals surface area contributed by atoms with Crippen molar-refractivity contribution in [2.45, 2.75) is 6.92 Å². The quantitative estimate of drug-likeness (QED) is 0.773. The molecule has 0 bridgehead atoms. The molecule has 2 aliphatic rings. The van der Waals surface area contributed by atoms with E-state index >= 15 is 0 Å². The van der Waals surface area contributed by atoms with Crippen LogP contribution in [0.2, 0.25) is 0 Å². The van der Waals surface area contributed by atoms with Crippen LogP contribution in [0.3, 0.4) is 0 Å². The van der Waals surface area contributed by atoms with Gasteiger partial charge in [-0.15, -0.1) is 0 Å². The summed E-state index contributed by atoms with van der Waals surface area (Å²) < 4.78 is 4.64. The highest BCUT2D eigenvalue weighted by Gasteiger charge is 2.40. The first-order valence-corrected chi connectivity index (χ1v) is 8.05. The number of ether oxygens (including phenoxy) is 1. The minimum absolute atomic E-state index is 0.117. The average molecular weight is 366 g/mol. The van der Waals surface area contributed by atoms with E-state index in [1.807, 2.05) is 0 Å². The summed E-state index contributed by atoms with van der Waals surface area (Å²) in [4.78, 5) is 57.3. The Morgan fingerprint density at radius 2 is 1.22 bits per heavy atom. The molecule has 2 heterocycles. The Balaban J connectivity index is 0.000000166. The smallest absolute Gasteiger partial charge is 0.424 e. The van der Waals surface area contributed by atoms with Gasteiger partial charge < -0.3 is 4.74 Å². The van der Waals surface area contributed by atoms with Crippen LogP contribution in [0.5, 0.6) is 0 Å². The fraction of sp³-hybridized carbons (Fsp3) is 0.105. The number of rotatable bonds is 1. The van der Waals surface area contributed by atoms with Gasteiger partial charge in [0.1, 0.15) is 0 Å². The maximum atomic E-state index is 11.7. The van der Waals surface area contributed by atoms with Crippen molar-refractivity contribution in [3.05, 3.63) is 70.8 Å². The number of nitrogens with one attached hydrogen (secondary N) is 1. The van der Waals surface area contributed by atoms with Crippen molar-refractivity contribution >= 4 is 29.7 Å². The highest BCUT2D eigenvalue weighted by molar-refractivity contribution is 6.28. The van der Waals surface area contributed by atoms with Gasteiger partial charge in [-0.25, -0.2) is 4.79 Å². The number of carbonyl (C=O) groups excluding carboxylic acids is 5. The lowest BCUT2D eigenvalue weighted by Crippen LogP contribution is -2.36. The molecule has 0 radical (unpaired) electrons. The Hall–Kier alpha value is -3.81. The Kier molecular flexibility index (Phi) is 4.80. The number of fused-ring (bicyclic) bond motifs is 2. The van der Waals surface area contributed by atoms with Gasteiger partial charge in [0.25, 0.3) is 23.6 Å². The standard InChI is InChI=1S/C11H9NO4.C8H5NO2/c1-2-16-11(15)12-9(13)7-5-3-4-6-8(7)10(12)14;10-7-5-3-1-2-4-6(5)8(11)9-7/h3-6H,2H2,1H3;1-4H,(H,9,10,11). The van der Waals surface area contributed by atoms with E-state index in [-0.39, 0.29) is 29.5 Å². The zero-order valence-corrected chi connectivity index (χ0v) is 14.2. The third kappa shape index (κ3) is 3.20. The first-order chi connectivity index (χ1) is 13.0. The molecule has 0 saturated heterocycles. The molecule has 0 spiro atoms. The van der Waals surface area contributed by atoms with E-state index in [0.29, 0.717) is 16.0 Å². The molecule has 0 fully saturated rings. The third-order valence-electron chi connectivity index (χ3n) is 3.89. The SMILES string of the molecule is CCOC(=O)N1C(=O)c2ccccc2C1=O.O=C1NC(=O)c2ccccc21. The lowest BCUT2D eigenvalue weighted by Gasteiger charge is -2.10. The average Bonchev–Trinajstić information content (AvgIpc) is 3.10. The molecule has 0 aliphatic carbocycles. The van der Waals surface area contributed by atoms with E-state index < -0.39 is 17.9 Å². The summed E-state index contributed by atoms with van der Waals surface area (Å²) in [5.41, 5.74) is 1.41. The molecule has 0 aromatic heterocycles. The van der Waals surface area contributed by atoms with E-state index in [1.54, 1.807) is 43.3 Å². The van der Waals surface area contributed by atoms with Crippen LogP contribution in [0, 0.1) is 0 Å². The van der Waals surface area contributed by atoms with Crippen LogP contribution in [-0.4, -0.2) is 41.2 Å². The highest BCUT2D eigenvalue weighted by atomic mass is 16.6. The van der Waals surface area contributed by atoms with E-state index in [9.17, 15) is 24.0 Å². The maximum Gasteiger partial charge on any atom is 0.424 e. The molecule has 4 rings (SSSR count). The second-order valence-corrected chi connectivity index (χ2v) is 5.52. The lowest BCUT2D eigenvalue weighted by molar-refractivity contribution is 0.0595. The topological polar surface area (TPSA) is 110 Å². The largest absolute Gasteiger partial charge is 0.449 e. The summed E-state index contributed by atoms with van der Waals surface area (Å²) >= 11 is 0. The van der Waals surface area contributed by atoms with Gasteiger partial charge in [-0.05, 0) is 31.2 Å². The van der Waals surface area contributed by atoms with E-state index in [1.165, 1.54) is 12.1 Å². The summed E-state index contributed by atoms with van der Waals surface area (Å²) in [6.07, 6.45) is -0.922. The van der Waals surface area contributed by atoms with Crippen LogP contribution < -0.4 is 5.32 Å². The molecule has 27 heavy (non-hydrogen) atoms. The van der Waals surface area contributed by atoms with Crippen LogP contribution in [0.1, 0.15) is 48.4 Å². The first-order valence-electron chi connectivity index (χ1n) is 8.05. The minimum Gasteiger partial charge on any atom is -0.449 e. The Morgan fingerprint density at radius 1 is 0.815 bits per heavy atom. The Morgan fingerprint density at radius 3 is 1.63 bits per heavy atom. The molecule has 5 amide bonds. The minimum atomic E-state index is -0.922. The lowest BCUT2D eigenvalue weighted by atomic mass is 10.1. The fourth-order valence-corrected chi connectivity index (χ4v) is 2.66. The zero-order valence-electron chi connectivity index (χ0n) is 14.2. The summed E-state index contributed by atoms with van der Waals surface area (Å²) in [5, 5.41) is 2.20. The normalized spacial score (nSPS) is 14.2. The van der Waals surface area contributed by atoms with Crippen LogP contribution in [0.15, 0.2) is 48.5 Å². The number of amides is 5. The Bertz CT molecular complexity index is 914. The van der Waals surface area contributed by atoms with E-state index in [2.05, 4.69) is 10.1 Å². The van der Waals surface area contributed by atoms with Crippen LogP contribution in [0.4, 0.5) is 4.79 Å². The van der Waals surface area contributed by atoms with Gasteiger partial charge >= 0.3 is 6.09 Å². The molecule has 1 N–H and O–H groups in total. The molecule has 2 aromatic carbocycles.